The molecule has 3 aliphatic rings. The first-order chi connectivity index (χ1) is 13.6. The highest BCUT2D eigenvalue weighted by Crippen LogP contribution is 2.29. The van der Waals surface area contributed by atoms with Gasteiger partial charge in [-0.05, 0) is 44.7 Å². The number of hydrogen-bond acceptors (Lipinski definition) is 5. The summed E-state index contributed by atoms with van der Waals surface area (Å²) >= 11 is 0. The minimum absolute atomic E-state index is 0.0425. The maximum Gasteiger partial charge on any atom is 0.234 e. The summed E-state index contributed by atoms with van der Waals surface area (Å²) in [4.78, 5) is 28.8. The van der Waals surface area contributed by atoms with E-state index in [4.69, 9.17) is 0 Å². The molecular weight excluding hydrogens is 358 g/mol. The summed E-state index contributed by atoms with van der Waals surface area (Å²) in [6.45, 7) is 4.35. The predicted molar refractivity (Wildman–Crippen MR) is 103 cm³/mol. The fourth-order valence-electron chi connectivity index (χ4n) is 4.33. The van der Waals surface area contributed by atoms with Gasteiger partial charge in [0.05, 0.1) is 37.1 Å². The second-order valence-electron chi connectivity index (χ2n) is 8.40. The number of carbonyl (C=O) groups excluding carboxylic acids is 2. The van der Waals surface area contributed by atoms with Gasteiger partial charge in [0.25, 0.3) is 0 Å². The molecular formula is C20H31N5O3. The van der Waals surface area contributed by atoms with Crippen LogP contribution in [0.15, 0.2) is 6.07 Å². The lowest BCUT2D eigenvalue weighted by molar-refractivity contribution is -0.138. The summed E-state index contributed by atoms with van der Waals surface area (Å²) in [7, 11) is 0. The lowest BCUT2D eigenvalue weighted by atomic mass is 9.84. The molecule has 2 fully saturated rings. The van der Waals surface area contributed by atoms with Crippen LogP contribution in [-0.4, -0.2) is 68.8 Å². The number of carbonyl (C=O) groups is 2. The normalized spacial score (nSPS) is 23.6. The molecule has 2 amide bonds. The highest BCUT2D eigenvalue weighted by atomic mass is 16.3. The van der Waals surface area contributed by atoms with Gasteiger partial charge in [0.1, 0.15) is 0 Å². The molecule has 8 nitrogen and oxygen atoms in total. The number of β-amino-alcohol motifs (C(OH)–C–C–N with tert-alkyl or cyclic N) is 1. The summed E-state index contributed by atoms with van der Waals surface area (Å²) in [6, 6.07) is 2.01. The lowest BCUT2D eigenvalue weighted by Gasteiger charge is -2.30. The van der Waals surface area contributed by atoms with Crippen molar-refractivity contribution in [2.45, 2.75) is 64.3 Å². The Kier molecular flexibility index (Phi) is 5.96. The van der Waals surface area contributed by atoms with E-state index >= 15 is 0 Å². The summed E-state index contributed by atoms with van der Waals surface area (Å²) < 4.78 is 1.98. The summed E-state index contributed by atoms with van der Waals surface area (Å²) in [5.41, 5.74) is 1.88. The van der Waals surface area contributed by atoms with E-state index in [1.807, 2.05) is 20.5 Å². The molecule has 0 radical (unpaired) electrons. The van der Waals surface area contributed by atoms with Crippen molar-refractivity contribution >= 4 is 11.8 Å². The first-order valence-electron chi connectivity index (χ1n) is 10.6. The average molecular weight is 390 g/mol. The number of aliphatic hydroxyl groups excluding tert-OH is 1. The smallest absolute Gasteiger partial charge is 0.234 e. The Morgan fingerprint density at radius 2 is 2.00 bits per heavy atom. The van der Waals surface area contributed by atoms with Gasteiger partial charge >= 0.3 is 0 Å². The zero-order valence-corrected chi connectivity index (χ0v) is 16.5. The third kappa shape index (κ3) is 4.55. The van der Waals surface area contributed by atoms with E-state index < -0.39 is 0 Å². The van der Waals surface area contributed by atoms with Gasteiger partial charge in [-0.3, -0.25) is 19.2 Å². The Bertz CT molecular complexity index is 715. The maximum absolute atomic E-state index is 12.6. The summed E-state index contributed by atoms with van der Waals surface area (Å²) in [6.07, 6.45) is 5.56. The molecule has 2 aliphatic heterocycles. The summed E-state index contributed by atoms with van der Waals surface area (Å²) in [5, 5.41) is 17.3. The van der Waals surface area contributed by atoms with Gasteiger partial charge in [0.15, 0.2) is 0 Å². The molecule has 4 rings (SSSR count). The largest absolute Gasteiger partial charge is 0.392 e. The second-order valence-corrected chi connectivity index (χ2v) is 8.40. The SMILES string of the molecule is O=C(CN1CCC[C@@H](O)C1)NCc1cc2n(n1)CCCN(C(=O)C1CCC1)C2. The number of aryl methyl sites for hydroxylation is 1. The molecule has 0 bridgehead atoms. The molecule has 0 spiro atoms. The van der Waals surface area contributed by atoms with Gasteiger partial charge < -0.3 is 15.3 Å². The third-order valence-corrected chi connectivity index (χ3v) is 6.15. The number of fused-ring (bicyclic) bond motifs is 1. The molecule has 1 aromatic heterocycles. The first-order valence-corrected chi connectivity index (χ1v) is 10.6. The molecule has 1 atom stereocenters. The standard InChI is InChI=1S/C20H31N5O3/c26-18-6-2-7-23(13-18)14-19(27)21-11-16-10-17-12-24(8-3-9-25(17)22-16)20(28)15-4-1-5-15/h10,15,18,26H,1-9,11-14H2,(H,21,27)/t18-/m1/s1. The van der Waals surface area contributed by atoms with Crippen LogP contribution in [0.3, 0.4) is 0 Å². The van der Waals surface area contributed by atoms with Crippen molar-refractivity contribution in [3.8, 4) is 0 Å². The number of nitrogens with zero attached hydrogens (tertiary/aromatic N) is 4. The van der Waals surface area contributed by atoms with Crippen molar-refractivity contribution in [1.29, 1.82) is 0 Å². The van der Waals surface area contributed by atoms with Crippen LogP contribution in [0.2, 0.25) is 0 Å². The van der Waals surface area contributed by atoms with Crippen molar-refractivity contribution in [2.75, 3.05) is 26.2 Å². The first kappa shape index (κ1) is 19.4. The number of aromatic nitrogens is 2. The highest BCUT2D eigenvalue weighted by Gasteiger charge is 2.30. The number of likely N-dealkylation sites (tertiary alicyclic amines) is 1. The van der Waals surface area contributed by atoms with Crippen LogP contribution < -0.4 is 5.32 Å². The number of rotatable bonds is 5. The molecule has 1 saturated heterocycles. The van der Waals surface area contributed by atoms with E-state index in [0.717, 1.165) is 63.1 Å². The molecule has 0 unspecified atom stereocenters. The predicted octanol–water partition coefficient (Wildman–Crippen LogP) is 0.488. The van der Waals surface area contributed by atoms with E-state index in [1.165, 1.54) is 6.42 Å². The Hall–Kier alpha value is -1.93. The topological polar surface area (TPSA) is 90.7 Å². The van der Waals surface area contributed by atoms with Crippen LogP contribution in [-0.2, 0) is 29.2 Å². The second kappa shape index (κ2) is 8.61. The Labute approximate surface area is 165 Å². The molecule has 2 N–H and O–H groups in total. The van der Waals surface area contributed by atoms with Gasteiger partial charge in [-0.1, -0.05) is 6.42 Å². The molecule has 0 aromatic carbocycles. The Morgan fingerprint density at radius 1 is 1.14 bits per heavy atom. The van der Waals surface area contributed by atoms with Gasteiger partial charge in [-0.2, -0.15) is 5.10 Å². The number of amides is 2. The number of hydrogen-bond donors (Lipinski definition) is 2. The molecule has 1 aromatic rings. The van der Waals surface area contributed by atoms with Crippen LogP contribution in [0.5, 0.6) is 0 Å². The van der Waals surface area contributed by atoms with Crippen molar-refractivity contribution in [2.24, 2.45) is 5.92 Å². The highest BCUT2D eigenvalue weighted by molar-refractivity contribution is 5.79. The quantitative estimate of drug-likeness (QED) is 0.765. The van der Waals surface area contributed by atoms with Crippen LogP contribution in [0.25, 0.3) is 0 Å². The van der Waals surface area contributed by atoms with Crippen LogP contribution in [0.1, 0.15) is 49.9 Å². The molecule has 3 heterocycles. The molecule has 8 heteroatoms. The van der Waals surface area contributed by atoms with Crippen molar-refractivity contribution < 1.29 is 14.7 Å². The molecule has 154 valence electrons. The van der Waals surface area contributed by atoms with E-state index in [-0.39, 0.29) is 17.9 Å². The fourth-order valence-corrected chi connectivity index (χ4v) is 4.33. The third-order valence-electron chi connectivity index (χ3n) is 6.15. The number of piperidine rings is 1. The Balaban J connectivity index is 1.29. The van der Waals surface area contributed by atoms with E-state index in [2.05, 4.69) is 10.4 Å². The van der Waals surface area contributed by atoms with E-state index in [9.17, 15) is 14.7 Å². The Morgan fingerprint density at radius 3 is 2.75 bits per heavy atom. The molecule has 1 aliphatic carbocycles. The van der Waals surface area contributed by atoms with Crippen LogP contribution >= 0.6 is 0 Å². The fraction of sp³-hybridized carbons (Fsp3) is 0.750. The molecule has 1 saturated carbocycles. The summed E-state index contributed by atoms with van der Waals surface area (Å²) in [5.74, 6) is 0.472. The van der Waals surface area contributed by atoms with Gasteiger partial charge in [0.2, 0.25) is 11.8 Å². The van der Waals surface area contributed by atoms with Crippen molar-refractivity contribution in [1.82, 2.24) is 24.9 Å². The average Bonchev–Trinajstić information content (AvgIpc) is 2.88. The monoisotopic (exact) mass is 389 g/mol. The van der Waals surface area contributed by atoms with Gasteiger partial charge in [-0.15, -0.1) is 0 Å². The van der Waals surface area contributed by atoms with E-state index in [0.29, 0.717) is 32.1 Å². The lowest BCUT2D eigenvalue weighted by Crippen LogP contribution is -2.44. The van der Waals surface area contributed by atoms with Gasteiger partial charge in [0, 0.05) is 25.6 Å². The zero-order valence-electron chi connectivity index (χ0n) is 16.5. The number of aliphatic hydroxyl groups is 1. The maximum atomic E-state index is 12.6. The van der Waals surface area contributed by atoms with Crippen molar-refractivity contribution in [3.05, 3.63) is 17.5 Å². The van der Waals surface area contributed by atoms with Crippen LogP contribution in [0.4, 0.5) is 0 Å². The van der Waals surface area contributed by atoms with Crippen molar-refractivity contribution in [3.63, 3.8) is 0 Å². The molecule has 28 heavy (non-hydrogen) atoms. The number of nitrogens with one attached hydrogen (secondary N) is 1. The minimum atomic E-state index is -0.323. The van der Waals surface area contributed by atoms with Gasteiger partial charge in [-0.25, -0.2) is 0 Å². The zero-order chi connectivity index (χ0) is 19.5. The minimum Gasteiger partial charge on any atom is -0.392 e. The van der Waals surface area contributed by atoms with E-state index in [1.54, 1.807) is 0 Å². The van der Waals surface area contributed by atoms with Crippen LogP contribution in [0, 0.1) is 5.92 Å².